The molecule has 2 fully saturated rings. The Balaban J connectivity index is 1.29. The number of piperidine rings is 2. The van der Waals surface area contributed by atoms with Crippen LogP contribution in [0, 0.1) is 0 Å². The standard InChI is InChI=1S/C36H30N4O4.2C4H9.Sn/c1-37-15-11-19(12-16-37)39-33(41)25-7-3-21-23-5-9-27-32-28(36(44)40(35(27)43)20-13-17-38(2)18-14-20)10-6-24(30(23)32)22-4-8-26(34(39)42)31(25)29(21)22;2*1-3-4-2;/h3,5,7-10,19-20H,11-18H2,1-2H3;2*1,3-4H2,2H3;. The monoisotopic (exact) mass is 816 g/mol. The van der Waals surface area contributed by atoms with E-state index >= 15 is 0 Å². The molecule has 0 N–H and O–H groups in total. The summed E-state index contributed by atoms with van der Waals surface area (Å²) in [5.74, 6) is -0.623. The molecule has 2 saturated heterocycles. The Morgan fingerprint density at radius 3 is 1.28 bits per heavy atom. The molecule has 0 spiro atoms. The van der Waals surface area contributed by atoms with Gasteiger partial charge in [-0.2, -0.15) is 0 Å². The van der Waals surface area contributed by atoms with E-state index in [4.69, 9.17) is 0 Å². The van der Waals surface area contributed by atoms with Crippen molar-refractivity contribution >= 4 is 92.3 Å². The third-order valence-electron chi connectivity index (χ3n) is 14.0. The van der Waals surface area contributed by atoms with E-state index in [1.165, 1.54) is 17.9 Å². The minimum atomic E-state index is -3.67. The summed E-state index contributed by atoms with van der Waals surface area (Å²) in [4.78, 5) is 66.5. The van der Waals surface area contributed by atoms with Gasteiger partial charge in [0, 0.05) is 0 Å². The molecule has 0 aromatic heterocycles. The summed E-state index contributed by atoms with van der Waals surface area (Å²) < 4.78 is 4.98. The summed E-state index contributed by atoms with van der Waals surface area (Å²) >= 11 is -3.67. The van der Waals surface area contributed by atoms with Crippen molar-refractivity contribution in [3.05, 3.63) is 58.7 Å². The number of benzene rings is 5. The Labute approximate surface area is 314 Å². The zero-order valence-electron chi connectivity index (χ0n) is 31.4. The maximum absolute atomic E-state index is 14.9. The number of rotatable bonds is 8. The van der Waals surface area contributed by atoms with Crippen LogP contribution in [0.25, 0.3) is 43.1 Å². The van der Waals surface area contributed by atoms with Crippen LogP contribution in [0.2, 0.25) is 8.87 Å². The van der Waals surface area contributed by atoms with Crippen LogP contribution in [-0.4, -0.2) is 114 Å². The van der Waals surface area contributed by atoms with Gasteiger partial charge in [0.1, 0.15) is 0 Å². The van der Waals surface area contributed by atoms with Crippen molar-refractivity contribution in [2.24, 2.45) is 0 Å². The van der Waals surface area contributed by atoms with Gasteiger partial charge in [0.15, 0.2) is 0 Å². The number of carbonyl (C=O) groups excluding carboxylic acids is 4. The number of likely N-dealkylation sites (tertiary alicyclic amines) is 2. The van der Waals surface area contributed by atoms with Gasteiger partial charge in [-0.05, 0) is 0 Å². The molecule has 4 amide bonds. The first-order chi connectivity index (χ1) is 25.7. The molecule has 10 rings (SSSR count). The number of unbranched alkanes of at least 4 members (excludes halogenated alkanes) is 2. The molecule has 5 aliphatic rings. The van der Waals surface area contributed by atoms with Crippen LogP contribution >= 0.6 is 0 Å². The fourth-order valence-electron chi connectivity index (χ4n) is 11.2. The number of imide groups is 2. The third kappa shape index (κ3) is 4.49. The molecule has 9 heteroatoms. The molecular weight excluding hydrogens is 767 g/mol. The summed E-state index contributed by atoms with van der Waals surface area (Å²) in [6.45, 7) is 7.99. The molecule has 0 saturated carbocycles. The van der Waals surface area contributed by atoms with Crippen molar-refractivity contribution in [3.63, 3.8) is 0 Å². The molecule has 0 unspecified atom stereocenters. The molecule has 53 heavy (non-hydrogen) atoms. The van der Waals surface area contributed by atoms with Crippen LogP contribution in [0.1, 0.15) is 107 Å². The second-order valence-corrected chi connectivity index (χ2v) is 28.9. The molecule has 5 aromatic carbocycles. The second kappa shape index (κ2) is 12.2. The molecule has 0 aliphatic carbocycles. The van der Waals surface area contributed by atoms with Crippen LogP contribution < -0.4 is 7.16 Å². The van der Waals surface area contributed by atoms with Gasteiger partial charge in [0.25, 0.3) is 0 Å². The van der Waals surface area contributed by atoms with E-state index in [0.29, 0.717) is 22.3 Å². The van der Waals surface area contributed by atoms with Gasteiger partial charge in [-0.3, -0.25) is 0 Å². The third-order valence-corrected chi connectivity index (χ3v) is 29.0. The SMILES string of the molecule is CCC[CH2][Sn]1([CH2]CCC)[c]2cc3c4c(ccc5c6ccc7c8c(c[c]1c(c2c45)c86)C(=O)N(C1CCN(C)CC1)C7=O)C(=O)N(C1CCN(C)CC1)C3=O. The quantitative estimate of drug-likeness (QED) is 0.0762. The van der Waals surface area contributed by atoms with E-state index in [2.05, 4.69) is 62.0 Å². The van der Waals surface area contributed by atoms with Gasteiger partial charge in [-0.25, -0.2) is 0 Å². The molecule has 5 aromatic rings. The minimum absolute atomic E-state index is 0.111. The van der Waals surface area contributed by atoms with Crippen molar-refractivity contribution in [3.8, 4) is 0 Å². The van der Waals surface area contributed by atoms with Crippen molar-refractivity contribution in [2.45, 2.75) is 86.2 Å². The molecule has 8 nitrogen and oxygen atoms in total. The second-order valence-electron chi connectivity index (χ2n) is 16.8. The summed E-state index contributed by atoms with van der Waals surface area (Å²) in [7, 11) is 4.21. The van der Waals surface area contributed by atoms with Gasteiger partial charge in [0.05, 0.1) is 0 Å². The van der Waals surface area contributed by atoms with E-state index in [1.54, 1.807) is 9.80 Å². The van der Waals surface area contributed by atoms with Crippen LogP contribution in [0.15, 0.2) is 36.4 Å². The van der Waals surface area contributed by atoms with Crippen LogP contribution in [0.5, 0.6) is 0 Å². The molecule has 5 aliphatic heterocycles. The number of hydrogen-bond donors (Lipinski definition) is 0. The van der Waals surface area contributed by atoms with Crippen LogP contribution in [0.4, 0.5) is 0 Å². The van der Waals surface area contributed by atoms with E-state index in [9.17, 15) is 19.2 Å². The van der Waals surface area contributed by atoms with Crippen molar-refractivity contribution in [1.82, 2.24) is 19.6 Å². The van der Waals surface area contributed by atoms with E-state index in [0.717, 1.165) is 119 Å². The zero-order chi connectivity index (χ0) is 36.5. The Morgan fingerprint density at radius 2 is 0.906 bits per heavy atom. The predicted molar refractivity (Wildman–Crippen MR) is 214 cm³/mol. The average molecular weight is 816 g/mol. The Bertz CT molecular complexity index is 2270. The van der Waals surface area contributed by atoms with Crippen LogP contribution in [-0.2, 0) is 0 Å². The van der Waals surface area contributed by atoms with E-state index < -0.39 is 18.4 Å². The van der Waals surface area contributed by atoms with E-state index in [1.807, 2.05) is 12.1 Å². The molecule has 0 atom stereocenters. The number of carbonyl (C=O) groups is 4. The number of nitrogens with zero attached hydrogens (tertiary/aromatic N) is 4. The Kier molecular flexibility index (Phi) is 7.81. The van der Waals surface area contributed by atoms with Crippen molar-refractivity contribution in [2.75, 3.05) is 40.3 Å². The van der Waals surface area contributed by atoms with Crippen LogP contribution in [0.3, 0.4) is 0 Å². The first kappa shape index (κ1) is 33.9. The first-order valence-electron chi connectivity index (χ1n) is 20.1. The molecular formula is C44H48N4O4Sn. The fourth-order valence-corrected chi connectivity index (χ4v) is 27.8. The van der Waals surface area contributed by atoms with E-state index in [-0.39, 0.29) is 35.7 Å². The van der Waals surface area contributed by atoms with Gasteiger partial charge in [-0.1, -0.05) is 0 Å². The molecule has 272 valence electrons. The Morgan fingerprint density at radius 1 is 0.528 bits per heavy atom. The predicted octanol–water partition coefficient (Wildman–Crippen LogP) is 6.59. The molecule has 0 bridgehead atoms. The maximum atomic E-state index is 14.9. The first-order valence-corrected chi connectivity index (χ1v) is 27.0. The zero-order valence-corrected chi connectivity index (χ0v) is 34.3. The average Bonchev–Trinajstić information content (AvgIpc) is 3.44. The van der Waals surface area contributed by atoms with Gasteiger partial charge < -0.3 is 0 Å². The summed E-state index contributed by atoms with van der Waals surface area (Å²) in [5.41, 5.74) is 2.64. The number of fused-ring (bicyclic) bond motifs is 1. The fraction of sp³-hybridized carbons (Fsp3) is 0.455. The molecule has 0 radical (unpaired) electrons. The number of amides is 4. The Hall–Kier alpha value is -3.60. The summed E-state index contributed by atoms with van der Waals surface area (Å²) in [6, 6.07) is 12.4. The summed E-state index contributed by atoms with van der Waals surface area (Å²) in [5, 5.41) is 8.15. The van der Waals surface area contributed by atoms with Gasteiger partial charge >= 0.3 is 316 Å². The van der Waals surface area contributed by atoms with Crippen molar-refractivity contribution < 1.29 is 19.2 Å². The van der Waals surface area contributed by atoms with Gasteiger partial charge in [-0.15, -0.1) is 0 Å². The summed E-state index contributed by atoms with van der Waals surface area (Å²) in [6.07, 6.45) is 7.50. The topological polar surface area (TPSA) is 81.2 Å². The van der Waals surface area contributed by atoms with Crippen molar-refractivity contribution in [1.29, 1.82) is 0 Å². The normalized spacial score (nSPS) is 21.0. The van der Waals surface area contributed by atoms with Gasteiger partial charge in [0.2, 0.25) is 0 Å². The molecule has 5 heterocycles. The number of hydrogen-bond acceptors (Lipinski definition) is 6.